The van der Waals surface area contributed by atoms with Crippen LogP contribution in [0, 0.1) is 3.57 Å². The fraction of sp³-hybridized carbons (Fsp3) is 0.167. The van der Waals surface area contributed by atoms with Crippen molar-refractivity contribution in [2.75, 3.05) is 7.11 Å². The zero-order valence-corrected chi connectivity index (χ0v) is 12.2. The van der Waals surface area contributed by atoms with Gasteiger partial charge >= 0.3 is 5.97 Å². The fourth-order valence-corrected chi connectivity index (χ4v) is 2.18. The molecule has 0 saturated heterocycles. The van der Waals surface area contributed by atoms with E-state index in [4.69, 9.17) is 14.7 Å². The largest absolute Gasteiger partial charge is 0.472 e. The third kappa shape index (κ3) is 3.16. The summed E-state index contributed by atoms with van der Waals surface area (Å²) in [6, 6.07) is 6.85. The van der Waals surface area contributed by atoms with Gasteiger partial charge < -0.3 is 14.7 Å². The van der Waals surface area contributed by atoms with Crippen LogP contribution >= 0.6 is 22.6 Å². The molecule has 0 amide bonds. The van der Waals surface area contributed by atoms with Crippen molar-refractivity contribution < 1.29 is 19.5 Å². The van der Waals surface area contributed by atoms with Crippen LogP contribution in [-0.4, -0.2) is 28.2 Å². The smallest absolute Gasteiger partial charge is 0.338 e. The number of carbonyl (C=O) groups is 1. The number of aromatic nitrogens is 2. The Labute approximate surface area is 123 Å². The quantitative estimate of drug-likeness (QED) is 0.504. The van der Waals surface area contributed by atoms with E-state index >= 15 is 0 Å². The first kappa shape index (κ1) is 13.7. The lowest BCUT2D eigenvalue weighted by Gasteiger charge is -2.10. The van der Waals surface area contributed by atoms with Gasteiger partial charge in [0, 0.05) is 15.2 Å². The van der Waals surface area contributed by atoms with Gasteiger partial charge in [0.1, 0.15) is 6.61 Å². The summed E-state index contributed by atoms with van der Waals surface area (Å²) in [5, 5.41) is 12.7. The number of hydrogen-bond donors (Lipinski definition) is 1. The topological polar surface area (TPSA) is 73.6 Å². The molecular formula is C12H11IN2O4. The number of carbonyl (C=O) groups excluding carboxylic acids is 1. The first-order chi connectivity index (χ1) is 9.11. The van der Waals surface area contributed by atoms with Gasteiger partial charge in [-0.15, -0.1) is 4.85 Å². The Morgan fingerprint density at radius 3 is 2.89 bits per heavy atom. The lowest BCUT2D eigenvalue weighted by molar-refractivity contribution is 0.0597. The predicted octanol–water partition coefficient (Wildman–Crippen LogP) is 2.09. The van der Waals surface area contributed by atoms with Gasteiger partial charge in [-0.3, -0.25) is 0 Å². The summed E-state index contributed by atoms with van der Waals surface area (Å²) in [5.41, 5.74) is 1.18. The average molecular weight is 374 g/mol. The number of ether oxygens (including phenoxy) is 2. The molecule has 0 unspecified atom stereocenters. The van der Waals surface area contributed by atoms with Crippen LogP contribution in [0.1, 0.15) is 15.9 Å². The number of benzene rings is 1. The maximum Gasteiger partial charge on any atom is 0.338 e. The molecule has 0 fully saturated rings. The van der Waals surface area contributed by atoms with Gasteiger partial charge in [0.2, 0.25) is 5.88 Å². The fourth-order valence-electron chi connectivity index (χ4n) is 1.53. The summed E-state index contributed by atoms with van der Waals surface area (Å²) in [7, 11) is 1.33. The third-order valence-electron chi connectivity index (χ3n) is 2.44. The molecule has 6 nitrogen and oxygen atoms in total. The molecule has 7 heteroatoms. The highest BCUT2D eigenvalue weighted by Gasteiger charge is 2.15. The first-order valence-corrected chi connectivity index (χ1v) is 6.43. The van der Waals surface area contributed by atoms with Crippen molar-refractivity contribution in [2.24, 2.45) is 0 Å². The van der Waals surface area contributed by atoms with E-state index in [1.54, 1.807) is 12.1 Å². The molecule has 0 bridgehead atoms. The summed E-state index contributed by atoms with van der Waals surface area (Å²) in [6.07, 6.45) is 1.35. The summed E-state index contributed by atoms with van der Waals surface area (Å²) in [5.74, 6) is -0.136. The number of methoxy groups -OCH3 is 1. The lowest BCUT2D eigenvalue weighted by atomic mass is 10.1. The molecule has 19 heavy (non-hydrogen) atoms. The number of rotatable bonds is 4. The van der Waals surface area contributed by atoms with Crippen LogP contribution in [0.4, 0.5) is 0 Å². The minimum atomic E-state index is -0.412. The Morgan fingerprint density at radius 1 is 1.47 bits per heavy atom. The molecule has 0 saturated carbocycles. The van der Waals surface area contributed by atoms with Crippen LogP contribution in [0.25, 0.3) is 0 Å². The third-order valence-corrected chi connectivity index (χ3v) is 3.45. The number of nitrogens with zero attached hydrogens (tertiary/aromatic N) is 2. The maximum absolute atomic E-state index is 11.7. The molecule has 1 heterocycles. The minimum absolute atomic E-state index is 0.167. The van der Waals surface area contributed by atoms with Crippen molar-refractivity contribution in [3.63, 3.8) is 0 Å². The van der Waals surface area contributed by atoms with Crippen molar-refractivity contribution >= 4 is 28.6 Å². The zero-order valence-electron chi connectivity index (χ0n) is 10.0. The van der Waals surface area contributed by atoms with Crippen LogP contribution in [-0.2, 0) is 11.3 Å². The van der Waals surface area contributed by atoms with Gasteiger partial charge in [0.15, 0.2) is 0 Å². The molecule has 0 radical (unpaired) electrons. The van der Waals surface area contributed by atoms with E-state index < -0.39 is 5.97 Å². The van der Waals surface area contributed by atoms with Gasteiger partial charge in [-0.05, 0) is 34.7 Å². The van der Waals surface area contributed by atoms with Crippen LogP contribution < -0.4 is 4.74 Å². The van der Waals surface area contributed by atoms with E-state index in [0.717, 1.165) is 9.13 Å². The monoisotopic (exact) mass is 374 g/mol. The second kappa shape index (κ2) is 5.91. The number of esters is 1. The normalized spacial score (nSPS) is 10.2. The minimum Gasteiger partial charge on any atom is -0.472 e. The van der Waals surface area contributed by atoms with E-state index in [-0.39, 0.29) is 12.5 Å². The highest BCUT2D eigenvalue weighted by atomic mass is 127. The van der Waals surface area contributed by atoms with E-state index in [0.29, 0.717) is 10.4 Å². The molecular weight excluding hydrogens is 363 g/mol. The van der Waals surface area contributed by atoms with Crippen molar-refractivity contribution in [1.29, 1.82) is 0 Å². The van der Waals surface area contributed by atoms with Crippen LogP contribution in [0.3, 0.4) is 0 Å². The number of halogens is 1. The molecule has 0 spiro atoms. The molecule has 0 aliphatic carbocycles. The SMILES string of the molecule is COC(=O)c1cccc(I)c1COc1ccn(O)n1. The number of hydrogen-bond acceptors (Lipinski definition) is 5. The highest BCUT2D eigenvalue weighted by molar-refractivity contribution is 14.1. The molecule has 1 aromatic heterocycles. The molecule has 2 aromatic rings. The Morgan fingerprint density at radius 2 is 2.26 bits per heavy atom. The maximum atomic E-state index is 11.7. The molecule has 1 aromatic carbocycles. The van der Waals surface area contributed by atoms with Crippen molar-refractivity contribution in [3.8, 4) is 5.88 Å². The van der Waals surface area contributed by atoms with Crippen molar-refractivity contribution in [3.05, 3.63) is 45.2 Å². The van der Waals surface area contributed by atoms with Crippen molar-refractivity contribution in [2.45, 2.75) is 6.61 Å². The van der Waals surface area contributed by atoms with Crippen LogP contribution in [0.2, 0.25) is 0 Å². The Balaban J connectivity index is 2.21. The average Bonchev–Trinajstić information content (AvgIpc) is 2.82. The standard InChI is InChI=1S/C12H11IN2O4/c1-18-12(16)8-3-2-4-10(13)9(8)7-19-11-5-6-15(17)14-11/h2-6,17H,7H2,1H3. The van der Waals surface area contributed by atoms with Crippen molar-refractivity contribution in [1.82, 2.24) is 9.94 Å². The highest BCUT2D eigenvalue weighted by Crippen LogP contribution is 2.20. The van der Waals surface area contributed by atoms with E-state index in [1.807, 2.05) is 6.07 Å². The molecule has 2 rings (SSSR count). The summed E-state index contributed by atoms with van der Waals surface area (Å²) < 4.78 is 11.0. The molecule has 1 N–H and O–H groups in total. The van der Waals surface area contributed by atoms with Gasteiger partial charge in [-0.25, -0.2) is 4.79 Å². The van der Waals surface area contributed by atoms with E-state index in [2.05, 4.69) is 27.7 Å². The lowest BCUT2D eigenvalue weighted by Crippen LogP contribution is -2.10. The van der Waals surface area contributed by atoms with Gasteiger partial charge in [0.05, 0.1) is 18.9 Å². The summed E-state index contributed by atoms with van der Waals surface area (Å²) in [4.78, 5) is 12.3. The van der Waals surface area contributed by atoms with Crippen LogP contribution in [0.15, 0.2) is 30.5 Å². The van der Waals surface area contributed by atoms with Gasteiger partial charge in [0.25, 0.3) is 0 Å². The Hall–Kier alpha value is -1.77. The Kier molecular flexibility index (Phi) is 4.25. The molecule has 0 aliphatic rings. The molecule has 100 valence electrons. The summed E-state index contributed by atoms with van der Waals surface area (Å²) >= 11 is 2.12. The van der Waals surface area contributed by atoms with Crippen LogP contribution in [0.5, 0.6) is 5.88 Å². The molecule has 0 aliphatic heterocycles. The first-order valence-electron chi connectivity index (χ1n) is 5.35. The predicted molar refractivity (Wildman–Crippen MR) is 74.2 cm³/mol. The zero-order chi connectivity index (χ0) is 13.8. The molecule has 0 atom stereocenters. The second-order valence-corrected chi connectivity index (χ2v) is 4.78. The van der Waals surface area contributed by atoms with Gasteiger partial charge in [-0.1, -0.05) is 11.2 Å². The van der Waals surface area contributed by atoms with E-state index in [9.17, 15) is 4.79 Å². The summed E-state index contributed by atoms with van der Waals surface area (Å²) in [6.45, 7) is 0.167. The Bertz CT molecular complexity index is 597. The van der Waals surface area contributed by atoms with Gasteiger partial charge in [-0.2, -0.15) is 0 Å². The van der Waals surface area contributed by atoms with E-state index in [1.165, 1.54) is 19.4 Å². The second-order valence-electron chi connectivity index (χ2n) is 3.62.